The van der Waals surface area contributed by atoms with Crippen LogP contribution in [0, 0.1) is 0 Å². The fraction of sp³-hybridized carbons (Fsp3) is 1.00. The van der Waals surface area contributed by atoms with E-state index >= 15 is 0 Å². The number of halogens is 3. The molecule has 0 aliphatic carbocycles. The Labute approximate surface area is 50.2 Å². The molecule has 56 valence electrons. The summed E-state index contributed by atoms with van der Waals surface area (Å²) in [5.41, 5.74) is 0. The Bertz CT molecular complexity index is 70.7. The summed E-state index contributed by atoms with van der Waals surface area (Å²) in [6.45, 7) is -0.754. The van der Waals surface area contributed by atoms with Gasteiger partial charge >= 0.3 is 6.36 Å². The Morgan fingerprint density at radius 3 is 2.22 bits per heavy atom. The molecule has 0 unspecified atom stereocenters. The predicted octanol–water partition coefficient (Wildman–Crippen LogP) is 0.905. The molecule has 0 aromatic carbocycles. The van der Waals surface area contributed by atoms with Gasteiger partial charge in [-0.25, -0.2) is 0 Å². The minimum absolute atomic E-state index is 0.0134. The first-order chi connectivity index (χ1) is 4.06. The Kier molecular flexibility index (Phi) is 3.56. The molecule has 0 atom stereocenters. The topological polar surface area (TPSA) is 29.5 Å². The first-order valence-electron chi connectivity index (χ1n) is 2.38. The summed E-state index contributed by atoms with van der Waals surface area (Å²) < 4.78 is 36.5. The van der Waals surface area contributed by atoms with Crippen molar-refractivity contribution in [2.24, 2.45) is 0 Å². The molecule has 0 aromatic heterocycles. The Balaban J connectivity index is 3.07. The molecule has 0 aliphatic heterocycles. The highest BCUT2D eigenvalue weighted by Gasteiger charge is 2.28. The molecule has 0 bridgehead atoms. The average Bonchev–Trinajstić information content (AvgIpc) is 1.63. The van der Waals surface area contributed by atoms with E-state index in [1.54, 1.807) is 0 Å². The van der Waals surface area contributed by atoms with Crippen LogP contribution in [0.2, 0.25) is 0 Å². The normalized spacial score (nSPS) is 12.0. The number of ether oxygens (including phenoxy) is 1. The zero-order valence-corrected chi connectivity index (χ0v) is 4.61. The molecule has 0 fully saturated rings. The van der Waals surface area contributed by atoms with Crippen molar-refractivity contribution >= 4 is 0 Å². The lowest BCUT2D eigenvalue weighted by Crippen LogP contribution is -2.14. The zero-order chi connectivity index (χ0) is 7.33. The Morgan fingerprint density at radius 1 is 1.33 bits per heavy atom. The lowest BCUT2D eigenvalue weighted by Gasteiger charge is -2.04. The van der Waals surface area contributed by atoms with E-state index in [-0.39, 0.29) is 13.0 Å². The summed E-state index contributed by atoms with van der Waals surface area (Å²) >= 11 is 0. The van der Waals surface area contributed by atoms with Crippen LogP contribution in [0.25, 0.3) is 0 Å². The van der Waals surface area contributed by atoms with Gasteiger partial charge in [-0.3, -0.25) is 4.74 Å². The molecule has 2 nitrogen and oxygen atoms in total. The second-order valence-corrected chi connectivity index (χ2v) is 1.37. The maximum atomic E-state index is 11.1. The highest BCUT2D eigenvalue weighted by atomic mass is 19.4. The number of hydrogen-bond donors (Lipinski definition) is 1. The summed E-state index contributed by atoms with van der Waals surface area (Å²) in [5.74, 6) is 0. The maximum Gasteiger partial charge on any atom is 0.522 e. The minimum atomic E-state index is -4.56. The number of alkyl halides is 3. The Morgan fingerprint density at radius 2 is 1.89 bits per heavy atom. The van der Waals surface area contributed by atoms with Gasteiger partial charge in [-0.1, -0.05) is 0 Å². The molecular weight excluding hydrogens is 137 g/mol. The first-order valence-corrected chi connectivity index (χ1v) is 2.38. The predicted molar refractivity (Wildman–Crippen MR) is 23.7 cm³/mol. The number of aliphatic hydroxyl groups is 1. The molecular formula is C4H7F3O2. The zero-order valence-electron chi connectivity index (χ0n) is 4.61. The van der Waals surface area contributed by atoms with Crippen LogP contribution in [0.1, 0.15) is 6.42 Å². The highest BCUT2D eigenvalue weighted by Crippen LogP contribution is 2.15. The molecule has 0 amide bonds. The van der Waals surface area contributed by atoms with Gasteiger partial charge in [0.2, 0.25) is 0 Å². The van der Waals surface area contributed by atoms with Gasteiger partial charge in [-0.2, -0.15) is 0 Å². The molecule has 0 heterocycles. The van der Waals surface area contributed by atoms with Gasteiger partial charge in [0, 0.05) is 6.61 Å². The molecule has 9 heavy (non-hydrogen) atoms. The molecule has 0 aromatic rings. The lowest BCUT2D eigenvalue weighted by atomic mass is 10.5. The van der Waals surface area contributed by atoms with Gasteiger partial charge in [0.05, 0.1) is 6.61 Å². The van der Waals surface area contributed by atoms with Crippen LogP contribution in [0.4, 0.5) is 13.2 Å². The average molecular weight is 144 g/mol. The fourth-order valence-electron chi connectivity index (χ4n) is 0.252. The number of hydrogen-bond acceptors (Lipinski definition) is 2. The van der Waals surface area contributed by atoms with Crippen molar-refractivity contribution in [3.05, 3.63) is 0 Å². The summed E-state index contributed by atoms with van der Waals surface area (Å²) in [7, 11) is 0. The molecule has 0 spiro atoms. The van der Waals surface area contributed by atoms with Gasteiger partial charge < -0.3 is 5.11 Å². The smallest absolute Gasteiger partial charge is 0.396 e. The van der Waals surface area contributed by atoms with E-state index in [0.717, 1.165) is 0 Å². The number of aliphatic hydroxyl groups excluding tert-OH is 1. The molecule has 0 aliphatic rings. The Hall–Kier alpha value is -0.290. The van der Waals surface area contributed by atoms with Crippen molar-refractivity contribution in [3.63, 3.8) is 0 Å². The van der Waals surface area contributed by atoms with Crippen LogP contribution in [0.5, 0.6) is 0 Å². The summed E-state index contributed by atoms with van der Waals surface area (Å²) in [5, 5.41) is 8.02. The first kappa shape index (κ1) is 8.71. The third kappa shape index (κ3) is 7.71. The van der Waals surface area contributed by atoms with Crippen molar-refractivity contribution in [1.82, 2.24) is 0 Å². The molecule has 0 saturated carbocycles. The van der Waals surface area contributed by atoms with E-state index < -0.39 is 13.0 Å². The second kappa shape index (κ2) is 3.68. The number of rotatable bonds is 3. The standard InChI is InChI=1S/C4H7F3O2/c5-4(6,7)9-3-1-2-8/h8H,1-3H2. The van der Waals surface area contributed by atoms with Gasteiger partial charge in [-0.15, -0.1) is 13.2 Å². The molecule has 0 rings (SSSR count). The minimum Gasteiger partial charge on any atom is -0.396 e. The van der Waals surface area contributed by atoms with Crippen molar-refractivity contribution in [1.29, 1.82) is 0 Å². The SMILES string of the molecule is OCCCOC(F)(F)F. The highest BCUT2D eigenvalue weighted by molar-refractivity contribution is 4.32. The van der Waals surface area contributed by atoms with Crippen LogP contribution in [0.15, 0.2) is 0 Å². The van der Waals surface area contributed by atoms with Gasteiger partial charge in [0.1, 0.15) is 0 Å². The van der Waals surface area contributed by atoms with E-state index in [1.807, 2.05) is 0 Å². The second-order valence-electron chi connectivity index (χ2n) is 1.37. The molecule has 1 N–H and O–H groups in total. The summed E-state index contributed by atoms with van der Waals surface area (Å²) in [4.78, 5) is 0. The van der Waals surface area contributed by atoms with Crippen LogP contribution in [0.3, 0.4) is 0 Å². The molecule has 0 saturated heterocycles. The van der Waals surface area contributed by atoms with Crippen molar-refractivity contribution in [3.8, 4) is 0 Å². The third-order valence-electron chi connectivity index (χ3n) is 0.568. The molecule has 0 radical (unpaired) electrons. The van der Waals surface area contributed by atoms with Crippen LogP contribution in [-0.2, 0) is 4.74 Å². The van der Waals surface area contributed by atoms with E-state index in [2.05, 4.69) is 4.74 Å². The largest absolute Gasteiger partial charge is 0.522 e. The van der Waals surface area contributed by atoms with Crippen molar-refractivity contribution in [2.75, 3.05) is 13.2 Å². The summed E-state index contributed by atoms with van der Waals surface area (Å²) in [6.07, 6.45) is -4.55. The van der Waals surface area contributed by atoms with E-state index in [4.69, 9.17) is 5.11 Å². The van der Waals surface area contributed by atoms with E-state index in [0.29, 0.717) is 0 Å². The van der Waals surface area contributed by atoms with Gasteiger partial charge in [0.15, 0.2) is 0 Å². The van der Waals surface area contributed by atoms with Crippen LogP contribution < -0.4 is 0 Å². The van der Waals surface area contributed by atoms with Crippen LogP contribution in [-0.4, -0.2) is 24.7 Å². The quantitative estimate of drug-likeness (QED) is 0.596. The van der Waals surface area contributed by atoms with E-state index in [1.165, 1.54) is 0 Å². The fourth-order valence-corrected chi connectivity index (χ4v) is 0.252. The maximum absolute atomic E-state index is 11.1. The van der Waals surface area contributed by atoms with E-state index in [9.17, 15) is 13.2 Å². The summed E-state index contributed by atoms with van der Waals surface area (Å²) in [6, 6.07) is 0. The van der Waals surface area contributed by atoms with Gasteiger partial charge in [-0.05, 0) is 6.42 Å². The van der Waals surface area contributed by atoms with Crippen LogP contribution >= 0.6 is 0 Å². The molecule has 5 heteroatoms. The lowest BCUT2D eigenvalue weighted by molar-refractivity contribution is -0.324. The monoisotopic (exact) mass is 144 g/mol. The van der Waals surface area contributed by atoms with Crippen molar-refractivity contribution in [2.45, 2.75) is 12.8 Å². The third-order valence-corrected chi connectivity index (χ3v) is 0.568. The van der Waals surface area contributed by atoms with Gasteiger partial charge in [0.25, 0.3) is 0 Å². The van der Waals surface area contributed by atoms with Crippen molar-refractivity contribution < 1.29 is 23.0 Å².